The fourth-order valence-corrected chi connectivity index (χ4v) is 1.85. The van der Waals surface area contributed by atoms with Crippen LogP contribution in [0.1, 0.15) is 26.7 Å². The molecular formula is C12H19N7. The Kier molecular flexibility index (Phi) is 4.27. The van der Waals surface area contributed by atoms with E-state index >= 15 is 0 Å². The van der Waals surface area contributed by atoms with E-state index in [-0.39, 0.29) is 5.95 Å². The molecule has 0 saturated heterocycles. The van der Waals surface area contributed by atoms with Crippen LogP contribution in [-0.4, -0.2) is 37.8 Å². The summed E-state index contributed by atoms with van der Waals surface area (Å²) in [6.45, 7) is 6.05. The van der Waals surface area contributed by atoms with Crippen LogP contribution in [0.3, 0.4) is 0 Å². The maximum atomic E-state index is 5.77. The van der Waals surface area contributed by atoms with E-state index in [1.807, 2.05) is 6.07 Å². The summed E-state index contributed by atoms with van der Waals surface area (Å²) in [6.07, 6.45) is 5.52. The summed E-state index contributed by atoms with van der Waals surface area (Å²) in [7, 11) is 0. The third kappa shape index (κ3) is 3.18. The molecule has 0 bridgehead atoms. The lowest BCUT2D eigenvalue weighted by atomic mass is 10.4. The lowest BCUT2D eigenvalue weighted by molar-refractivity contribution is 0.707. The Balaban J connectivity index is 2.34. The molecule has 2 aromatic heterocycles. The Morgan fingerprint density at radius 1 is 1.16 bits per heavy atom. The van der Waals surface area contributed by atoms with Gasteiger partial charge < -0.3 is 10.6 Å². The van der Waals surface area contributed by atoms with E-state index in [9.17, 15) is 0 Å². The molecular weight excluding hydrogens is 242 g/mol. The Bertz CT molecular complexity index is 503. The van der Waals surface area contributed by atoms with Gasteiger partial charge in [-0.25, -0.2) is 4.68 Å². The molecule has 0 aliphatic rings. The number of anilines is 2. The van der Waals surface area contributed by atoms with Crippen LogP contribution in [0.15, 0.2) is 18.5 Å². The summed E-state index contributed by atoms with van der Waals surface area (Å²) < 4.78 is 1.58. The third-order valence-corrected chi connectivity index (χ3v) is 2.61. The van der Waals surface area contributed by atoms with Crippen LogP contribution in [0.5, 0.6) is 0 Å². The third-order valence-electron chi connectivity index (χ3n) is 2.61. The highest BCUT2D eigenvalue weighted by atomic mass is 15.4. The van der Waals surface area contributed by atoms with Crippen molar-refractivity contribution in [2.45, 2.75) is 26.7 Å². The van der Waals surface area contributed by atoms with Gasteiger partial charge in [0.05, 0.1) is 0 Å². The topological polar surface area (TPSA) is 85.8 Å². The van der Waals surface area contributed by atoms with Gasteiger partial charge in [0.2, 0.25) is 11.9 Å². The van der Waals surface area contributed by atoms with Crippen LogP contribution in [0.2, 0.25) is 0 Å². The fourth-order valence-electron chi connectivity index (χ4n) is 1.85. The van der Waals surface area contributed by atoms with Gasteiger partial charge in [0.25, 0.3) is 5.95 Å². The molecule has 0 atom stereocenters. The molecule has 19 heavy (non-hydrogen) atoms. The van der Waals surface area contributed by atoms with Crippen molar-refractivity contribution in [1.29, 1.82) is 0 Å². The Labute approximate surface area is 112 Å². The molecule has 2 N–H and O–H groups in total. The number of nitrogen functional groups attached to an aromatic ring is 1. The second kappa shape index (κ2) is 6.12. The number of nitrogens with zero attached hydrogens (tertiary/aromatic N) is 6. The smallest absolute Gasteiger partial charge is 0.257 e. The van der Waals surface area contributed by atoms with E-state index in [0.29, 0.717) is 11.9 Å². The molecule has 2 rings (SSSR count). The molecule has 0 fully saturated rings. The predicted octanol–water partition coefficient (Wildman–Crippen LogP) is 1.27. The highest BCUT2D eigenvalue weighted by Gasteiger charge is 2.12. The molecule has 7 nitrogen and oxygen atoms in total. The van der Waals surface area contributed by atoms with Crippen LogP contribution in [0.4, 0.5) is 11.9 Å². The van der Waals surface area contributed by atoms with Crippen LogP contribution < -0.4 is 10.6 Å². The van der Waals surface area contributed by atoms with Crippen LogP contribution in [0, 0.1) is 0 Å². The summed E-state index contributed by atoms with van der Waals surface area (Å²) >= 11 is 0. The number of hydrogen-bond donors (Lipinski definition) is 1. The van der Waals surface area contributed by atoms with E-state index in [1.165, 1.54) is 0 Å². The molecule has 0 aliphatic heterocycles. The second-order valence-corrected chi connectivity index (χ2v) is 4.23. The maximum Gasteiger partial charge on any atom is 0.257 e. The molecule has 2 aromatic rings. The van der Waals surface area contributed by atoms with Gasteiger partial charge in [0, 0.05) is 25.5 Å². The van der Waals surface area contributed by atoms with Gasteiger partial charge in [0.1, 0.15) is 0 Å². The molecule has 0 amide bonds. The highest BCUT2D eigenvalue weighted by molar-refractivity contribution is 5.37. The van der Waals surface area contributed by atoms with Crippen molar-refractivity contribution < 1.29 is 0 Å². The zero-order valence-corrected chi connectivity index (χ0v) is 11.3. The molecule has 0 saturated carbocycles. The number of hydrogen-bond acceptors (Lipinski definition) is 6. The Morgan fingerprint density at radius 2 is 1.89 bits per heavy atom. The van der Waals surface area contributed by atoms with Gasteiger partial charge in [-0.2, -0.15) is 20.1 Å². The average molecular weight is 261 g/mol. The average Bonchev–Trinajstić information content (AvgIpc) is 2.91. The predicted molar refractivity (Wildman–Crippen MR) is 74.2 cm³/mol. The van der Waals surface area contributed by atoms with E-state index < -0.39 is 0 Å². The highest BCUT2D eigenvalue weighted by Crippen LogP contribution is 2.12. The summed E-state index contributed by atoms with van der Waals surface area (Å²) in [5.74, 6) is 1.28. The van der Waals surface area contributed by atoms with Gasteiger partial charge >= 0.3 is 0 Å². The van der Waals surface area contributed by atoms with Crippen molar-refractivity contribution in [2.24, 2.45) is 0 Å². The number of nitrogens with two attached hydrogens (primary N) is 1. The van der Waals surface area contributed by atoms with Crippen molar-refractivity contribution in [3.8, 4) is 5.95 Å². The van der Waals surface area contributed by atoms with E-state index in [0.717, 1.165) is 25.9 Å². The summed E-state index contributed by atoms with van der Waals surface area (Å²) in [6, 6.07) is 1.81. The first-order valence-corrected chi connectivity index (χ1v) is 6.51. The zero-order chi connectivity index (χ0) is 13.7. The molecule has 102 valence electrons. The number of rotatable bonds is 6. The lowest BCUT2D eigenvalue weighted by Gasteiger charge is -2.21. The largest absolute Gasteiger partial charge is 0.368 e. The molecule has 0 spiro atoms. The normalized spacial score (nSPS) is 10.6. The SMILES string of the molecule is CCCN(CCC)c1nc(N)nc(-n2cccn2)n1. The minimum absolute atomic E-state index is 0.215. The van der Waals surface area contributed by atoms with Crippen molar-refractivity contribution in [3.63, 3.8) is 0 Å². The van der Waals surface area contributed by atoms with Gasteiger partial charge in [-0.15, -0.1) is 0 Å². The van der Waals surface area contributed by atoms with Crippen LogP contribution in [-0.2, 0) is 0 Å². The van der Waals surface area contributed by atoms with Gasteiger partial charge in [-0.3, -0.25) is 0 Å². The molecule has 0 aliphatic carbocycles. The van der Waals surface area contributed by atoms with Gasteiger partial charge in [-0.1, -0.05) is 13.8 Å². The van der Waals surface area contributed by atoms with Gasteiger partial charge in [-0.05, 0) is 18.9 Å². The first kappa shape index (κ1) is 13.3. The van der Waals surface area contributed by atoms with Crippen molar-refractivity contribution >= 4 is 11.9 Å². The summed E-state index contributed by atoms with van der Waals surface area (Å²) in [4.78, 5) is 14.9. The summed E-state index contributed by atoms with van der Waals surface area (Å²) in [5, 5.41) is 4.11. The monoisotopic (exact) mass is 261 g/mol. The first-order valence-electron chi connectivity index (χ1n) is 6.51. The Hall–Kier alpha value is -2.18. The Morgan fingerprint density at radius 3 is 2.47 bits per heavy atom. The zero-order valence-electron chi connectivity index (χ0n) is 11.3. The minimum atomic E-state index is 0.215. The fraction of sp³-hybridized carbons (Fsp3) is 0.500. The summed E-state index contributed by atoms with van der Waals surface area (Å²) in [5.41, 5.74) is 5.77. The standard InChI is InChI=1S/C12H19N7/c1-3-7-18(8-4-2)11-15-10(13)16-12(17-11)19-9-5-6-14-19/h5-6,9H,3-4,7-8H2,1-2H3,(H2,13,15,16,17). The van der Waals surface area contributed by atoms with E-state index in [2.05, 4.69) is 38.8 Å². The quantitative estimate of drug-likeness (QED) is 0.842. The van der Waals surface area contributed by atoms with E-state index in [1.54, 1.807) is 17.1 Å². The molecule has 0 radical (unpaired) electrons. The van der Waals surface area contributed by atoms with Crippen LogP contribution >= 0.6 is 0 Å². The molecule has 2 heterocycles. The number of aromatic nitrogens is 5. The molecule has 0 unspecified atom stereocenters. The first-order chi connectivity index (χ1) is 9.24. The minimum Gasteiger partial charge on any atom is -0.368 e. The second-order valence-electron chi connectivity index (χ2n) is 4.23. The maximum absolute atomic E-state index is 5.77. The lowest BCUT2D eigenvalue weighted by Crippen LogP contribution is -2.28. The van der Waals surface area contributed by atoms with E-state index in [4.69, 9.17) is 5.73 Å². The van der Waals surface area contributed by atoms with Gasteiger partial charge in [0.15, 0.2) is 0 Å². The molecule has 0 aromatic carbocycles. The van der Waals surface area contributed by atoms with Crippen LogP contribution in [0.25, 0.3) is 5.95 Å². The van der Waals surface area contributed by atoms with Crippen molar-refractivity contribution in [2.75, 3.05) is 23.7 Å². The van der Waals surface area contributed by atoms with Crippen molar-refractivity contribution in [1.82, 2.24) is 24.7 Å². The molecule has 7 heteroatoms. The van der Waals surface area contributed by atoms with Crippen molar-refractivity contribution in [3.05, 3.63) is 18.5 Å².